The van der Waals surface area contributed by atoms with Gasteiger partial charge in [0.05, 0.1) is 29.8 Å². The van der Waals surface area contributed by atoms with Gasteiger partial charge in [-0.1, -0.05) is 0 Å². The van der Waals surface area contributed by atoms with Crippen LogP contribution in [0.4, 0.5) is 5.69 Å². The van der Waals surface area contributed by atoms with Gasteiger partial charge in [0, 0.05) is 13.6 Å². The van der Waals surface area contributed by atoms with E-state index in [1.165, 1.54) is 0 Å². The Morgan fingerprint density at radius 2 is 2.00 bits per heavy atom. The van der Waals surface area contributed by atoms with E-state index in [2.05, 4.69) is 4.98 Å². The zero-order valence-electron chi connectivity index (χ0n) is 10.1. The van der Waals surface area contributed by atoms with E-state index in [-0.39, 0.29) is 6.10 Å². The Bertz CT molecular complexity index is 309. The Morgan fingerprint density at radius 1 is 1.31 bits per heavy atom. The summed E-state index contributed by atoms with van der Waals surface area (Å²) >= 11 is 0. The minimum absolute atomic E-state index is 0.285. The third kappa shape index (κ3) is 3.79. The fourth-order valence-corrected chi connectivity index (χ4v) is 1.38. The standard InChI is InChI=1S/C12H20N2O2/c1-9(15)6-7-14(3)11-4-5-12(10(2)16)13-8-11/h4-5,8-10,15-16H,6-7H2,1-3H3. The number of pyridine rings is 1. The van der Waals surface area contributed by atoms with Crippen LogP contribution in [0.5, 0.6) is 0 Å². The molecule has 0 aromatic carbocycles. The summed E-state index contributed by atoms with van der Waals surface area (Å²) < 4.78 is 0. The minimum atomic E-state index is -0.531. The number of nitrogens with zero attached hydrogens (tertiary/aromatic N) is 2. The Balaban J connectivity index is 2.59. The zero-order chi connectivity index (χ0) is 12.1. The highest BCUT2D eigenvalue weighted by Gasteiger charge is 2.05. The van der Waals surface area contributed by atoms with E-state index in [9.17, 15) is 10.2 Å². The van der Waals surface area contributed by atoms with E-state index in [0.29, 0.717) is 5.69 Å². The number of aliphatic hydroxyl groups is 2. The number of hydrogen-bond donors (Lipinski definition) is 2. The number of aliphatic hydroxyl groups excluding tert-OH is 2. The van der Waals surface area contributed by atoms with Gasteiger partial charge in [0.1, 0.15) is 0 Å². The van der Waals surface area contributed by atoms with Crippen molar-refractivity contribution in [3.8, 4) is 0 Å². The van der Waals surface area contributed by atoms with Crippen molar-refractivity contribution >= 4 is 5.69 Å². The SMILES string of the molecule is CC(O)CCN(C)c1ccc(C(C)O)nc1. The van der Waals surface area contributed by atoms with Crippen molar-refractivity contribution in [1.82, 2.24) is 4.98 Å². The van der Waals surface area contributed by atoms with Crippen molar-refractivity contribution in [2.24, 2.45) is 0 Å². The van der Waals surface area contributed by atoms with Crippen LogP contribution >= 0.6 is 0 Å². The molecule has 90 valence electrons. The second-order valence-corrected chi connectivity index (χ2v) is 4.18. The molecule has 0 radical (unpaired) electrons. The molecule has 0 saturated heterocycles. The lowest BCUT2D eigenvalue weighted by Gasteiger charge is -2.20. The first-order valence-electron chi connectivity index (χ1n) is 5.54. The van der Waals surface area contributed by atoms with Crippen molar-refractivity contribution in [2.45, 2.75) is 32.5 Å². The van der Waals surface area contributed by atoms with Crippen LogP contribution in [0.15, 0.2) is 18.3 Å². The molecule has 2 atom stereocenters. The molecule has 0 aliphatic heterocycles. The fraction of sp³-hybridized carbons (Fsp3) is 0.583. The van der Waals surface area contributed by atoms with Gasteiger partial charge in [0.2, 0.25) is 0 Å². The van der Waals surface area contributed by atoms with Crippen molar-refractivity contribution in [2.75, 3.05) is 18.5 Å². The Labute approximate surface area is 96.6 Å². The average molecular weight is 224 g/mol. The summed E-state index contributed by atoms with van der Waals surface area (Å²) in [5.74, 6) is 0. The molecule has 0 spiro atoms. The molecule has 4 heteroatoms. The number of hydrogen-bond acceptors (Lipinski definition) is 4. The summed E-state index contributed by atoms with van der Waals surface area (Å²) in [7, 11) is 1.96. The third-order valence-corrected chi connectivity index (χ3v) is 2.52. The zero-order valence-corrected chi connectivity index (χ0v) is 10.1. The molecule has 2 unspecified atom stereocenters. The minimum Gasteiger partial charge on any atom is -0.393 e. The van der Waals surface area contributed by atoms with Crippen LogP contribution in [0.2, 0.25) is 0 Å². The van der Waals surface area contributed by atoms with E-state index in [1.807, 2.05) is 24.1 Å². The van der Waals surface area contributed by atoms with Crippen LogP contribution in [0, 0.1) is 0 Å². The molecule has 0 bridgehead atoms. The molecular formula is C12H20N2O2. The van der Waals surface area contributed by atoms with Crippen LogP contribution in [0.3, 0.4) is 0 Å². The Hall–Kier alpha value is -1.13. The highest BCUT2D eigenvalue weighted by atomic mass is 16.3. The van der Waals surface area contributed by atoms with Crippen LogP contribution < -0.4 is 4.90 Å². The Morgan fingerprint density at radius 3 is 2.44 bits per heavy atom. The molecule has 2 N–H and O–H groups in total. The lowest BCUT2D eigenvalue weighted by Crippen LogP contribution is -2.22. The first kappa shape index (κ1) is 12.9. The van der Waals surface area contributed by atoms with Gasteiger partial charge in [-0.25, -0.2) is 0 Å². The molecule has 16 heavy (non-hydrogen) atoms. The second-order valence-electron chi connectivity index (χ2n) is 4.18. The quantitative estimate of drug-likeness (QED) is 0.792. The average Bonchev–Trinajstić information content (AvgIpc) is 2.26. The summed E-state index contributed by atoms with van der Waals surface area (Å²) in [5, 5.41) is 18.5. The first-order chi connectivity index (χ1) is 7.50. The maximum Gasteiger partial charge on any atom is 0.0931 e. The van der Waals surface area contributed by atoms with Crippen LogP contribution in [0.1, 0.15) is 32.1 Å². The second kappa shape index (κ2) is 5.82. The maximum absolute atomic E-state index is 9.32. The molecule has 1 aromatic heterocycles. The largest absolute Gasteiger partial charge is 0.393 e. The maximum atomic E-state index is 9.32. The monoisotopic (exact) mass is 224 g/mol. The van der Waals surface area contributed by atoms with Gasteiger partial charge in [-0.3, -0.25) is 4.98 Å². The molecule has 0 aliphatic rings. The van der Waals surface area contributed by atoms with Crippen LogP contribution in [-0.4, -0.2) is 34.9 Å². The lowest BCUT2D eigenvalue weighted by molar-refractivity contribution is 0.187. The molecule has 1 rings (SSSR count). The Kier molecular flexibility index (Phi) is 4.71. The van der Waals surface area contributed by atoms with Gasteiger partial charge < -0.3 is 15.1 Å². The number of aromatic nitrogens is 1. The topological polar surface area (TPSA) is 56.6 Å². The molecule has 0 saturated carbocycles. The van der Waals surface area contributed by atoms with Crippen molar-refractivity contribution in [3.63, 3.8) is 0 Å². The predicted octanol–water partition coefficient (Wildman–Crippen LogP) is 1.34. The highest BCUT2D eigenvalue weighted by molar-refractivity contribution is 5.43. The third-order valence-electron chi connectivity index (χ3n) is 2.52. The van der Waals surface area contributed by atoms with Crippen LogP contribution in [0.25, 0.3) is 0 Å². The van der Waals surface area contributed by atoms with Crippen molar-refractivity contribution < 1.29 is 10.2 Å². The van der Waals surface area contributed by atoms with E-state index in [0.717, 1.165) is 18.7 Å². The molecular weight excluding hydrogens is 204 g/mol. The van der Waals surface area contributed by atoms with Crippen LogP contribution in [-0.2, 0) is 0 Å². The molecule has 0 amide bonds. The summed E-state index contributed by atoms with van der Waals surface area (Å²) in [6.07, 6.45) is 1.66. The van der Waals surface area contributed by atoms with Gasteiger partial charge in [-0.2, -0.15) is 0 Å². The van der Waals surface area contributed by atoms with Gasteiger partial charge in [-0.15, -0.1) is 0 Å². The fourth-order valence-electron chi connectivity index (χ4n) is 1.38. The van der Waals surface area contributed by atoms with Gasteiger partial charge in [0.25, 0.3) is 0 Å². The van der Waals surface area contributed by atoms with Crippen molar-refractivity contribution in [3.05, 3.63) is 24.0 Å². The molecule has 1 heterocycles. The normalized spacial score (nSPS) is 14.6. The molecule has 0 aliphatic carbocycles. The van der Waals surface area contributed by atoms with E-state index in [1.54, 1.807) is 20.0 Å². The smallest absolute Gasteiger partial charge is 0.0931 e. The number of rotatable bonds is 5. The highest BCUT2D eigenvalue weighted by Crippen LogP contribution is 2.15. The number of anilines is 1. The van der Waals surface area contributed by atoms with Gasteiger partial charge >= 0.3 is 0 Å². The first-order valence-corrected chi connectivity index (χ1v) is 5.54. The summed E-state index contributed by atoms with van der Waals surface area (Å²) in [6.45, 7) is 4.26. The predicted molar refractivity (Wildman–Crippen MR) is 64.4 cm³/mol. The summed E-state index contributed by atoms with van der Waals surface area (Å²) in [4.78, 5) is 6.21. The molecule has 0 fully saturated rings. The van der Waals surface area contributed by atoms with Crippen molar-refractivity contribution in [1.29, 1.82) is 0 Å². The molecule has 1 aromatic rings. The summed E-state index contributed by atoms with van der Waals surface area (Å²) in [6, 6.07) is 3.75. The lowest BCUT2D eigenvalue weighted by atomic mass is 10.2. The van der Waals surface area contributed by atoms with Gasteiger partial charge in [0.15, 0.2) is 0 Å². The summed E-state index contributed by atoms with van der Waals surface area (Å²) in [5.41, 5.74) is 1.66. The molecule has 4 nitrogen and oxygen atoms in total. The van der Waals surface area contributed by atoms with E-state index < -0.39 is 6.10 Å². The van der Waals surface area contributed by atoms with Gasteiger partial charge in [-0.05, 0) is 32.4 Å². The van der Waals surface area contributed by atoms with E-state index in [4.69, 9.17) is 0 Å². The van der Waals surface area contributed by atoms with E-state index >= 15 is 0 Å².